The molecule has 1 N–H and O–H groups in total. The molecule has 12 heteroatoms. The number of para-hydroxylation sites is 1. The first-order valence-corrected chi connectivity index (χ1v) is 13.6. The number of rotatable bonds is 3. The molecule has 2 saturated heterocycles. The summed E-state index contributed by atoms with van der Waals surface area (Å²) in [7, 11) is 0. The molecule has 7 rings (SSSR count). The highest BCUT2D eigenvalue weighted by Crippen LogP contribution is 2.48. The smallest absolute Gasteiger partial charge is 0.434 e. The van der Waals surface area contributed by atoms with Gasteiger partial charge in [-0.1, -0.05) is 24.3 Å². The molecule has 1 unspecified atom stereocenters. The summed E-state index contributed by atoms with van der Waals surface area (Å²) in [6.45, 7) is 2.22. The lowest BCUT2D eigenvalue weighted by molar-refractivity contribution is -0.190. The summed E-state index contributed by atoms with van der Waals surface area (Å²) < 4.78 is 48.6. The van der Waals surface area contributed by atoms with Crippen molar-refractivity contribution < 1.29 is 37.7 Å². The molecule has 0 spiro atoms. The predicted molar refractivity (Wildman–Crippen MR) is 143 cm³/mol. The molecule has 0 aliphatic carbocycles. The number of nitrogens with zero attached hydrogens (tertiary/aromatic N) is 4. The number of carbonyl (C=O) groups excluding carboxylic acids is 2. The second kappa shape index (κ2) is 10.1. The van der Waals surface area contributed by atoms with E-state index in [1.165, 1.54) is 17.3 Å². The number of morpholine rings is 1. The molecule has 10 nitrogen and oxygen atoms in total. The third-order valence-electron chi connectivity index (χ3n) is 7.90. The third-order valence-corrected chi connectivity index (χ3v) is 7.90. The van der Waals surface area contributed by atoms with Crippen molar-refractivity contribution in [1.29, 1.82) is 0 Å². The first-order chi connectivity index (χ1) is 20.4. The van der Waals surface area contributed by atoms with Crippen LogP contribution in [0.2, 0.25) is 0 Å². The number of hydrazine groups is 1. The van der Waals surface area contributed by atoms with Gasteiger partial charge in [-0.15, -0.1) is 0 Å². The van der Waals surface area contributed by atoms with E-state index < -0.39 is 42.0 Å². The Morgan fingerprint density at radius 2 is 1.95 bits per heavy atom. The molecule has 0 saturated carbocycles. The molecular formula is C30H26F2N4O6. The number of aliphatic hydroxyl groups excluding tert-OH is 1. The largest absolute Gasteiger partial charge is 0.513 e. The fourth-order valence-corrected chi connectivity index (χ4v) is 6.18. The Bertz CT molecular complexity index is 1670. The van der Waals surface area contributed by atoms with Crippen molar-refractivity contribution in [1.82, 2.24) is 19.5 Å². The van der Waals surface area contributed by atoms with E-state index in [2.05, 4.69) is 0 Å². The molecular weight excluding hydrogens is 550 g/mol. The summed E-state index contributed by atoms with van der Waals surface area (Å²) in [5.41, 5.74) is 2.37. The maximum atomic E-state index is 15.8. The number of benzene rings is 2. The molecule has 0 radical (unpaired) electrons. The maximum absolute atomic E-state index is 15.8. The molecule has 2 aromatic carbocycles. The van der Waals surface area contributed by atoms with Crippen LogP contribution in [0.1, 0.15) is 24.1 Å². The average Bonchev–Trinajstić information content (AvgIpc) is 3.43. The fourth-order valence-electron chi connectivity index (χ4n) is 6.18. The zero-order valence-electron chi connectivity index (χ0n) is 22.4. The number of fused-ring (bicyclic) bond motifs is 7. The molecule has 5 heterocycles. The monoisotopic (exact) mass is 576 g/mol. The molecule has 4 aliphatic heterocycles. The lowest BCUT2D eigenvalue weighted by Crippen LogP contribution is -2.68. The molecule has 2 fully saturated rings. The van der Waals surface area contributed by atoms with Crippen molar-refractivity contribution in [2.45, 2.75) is 25.2 Å². The van der Waals surface area contributed by atoms with Gasteiger partial charge in [0, 0.05) is 24.5 Å². The van der Waals surface area contributed by atoms with Gasteiger partial charge in [-0.25, -0.2) is 13.6 Å². The summed E-state index contributed by atoms with van der Waals surface area (Å²) in [5.74, 6) is -2.77. The minimum atomic E-state index is -1.41. The van der Waals surface area contributed by atoms with Crippen LogP contribution in [0.3, 0.4) is 0 Å². The van der Waals surface area contributed by atoms with Crippen molar-refractivity contribution in [3.05, 3.63) is 101 Å². The molecule has 1 amide bonds. The normalized spacial score (nSPS) is 23.0. The predicted octanol–water partition coefficient (Wildman–Crippen LogP) is 3.82. The molecule has 216 valence electrons. The van der Waals surface area contributed by atoms with Gasteiger partial charge in [0.2, 0.25) is 0 Å². The number of hydrogen-bond acceptors (Lipinski definition) is 8. The number of hydrogen-bond donors (Lipinski definition) is 1. The SMILES string of the molecule is CCOC(=O)OC1=C2C(=O)N3CCOC[C@H]3N([C@@H]3c4ccccc4-n4cccc4-c4c3ccc(F)c4F)N2C=CC1O. The summed E-state index contributed by atoms with van der Waals surface area (Å²) in [4.78, 5) is 27.9. The van der Waals surface area contributed by atoms with Crippen LogP contribution in [-0.4, -0.2) is 75.3 Å². The van der Waals surface area contributed by atoms with Crippen LogP contribution in [-0.2, 0) is 19.0 Å². The first kappa shape index (κ1) is 26.4. The van der Waals surface area contributed by atoms with Gasteiger partial charge in [-0.05, 0) is 48.4 Å². The van der Waals surface area contributed by atoms with Crippen LogP contribution in [0, 0.1) is 11.6 Å². The van der Waals surface area contributed by atoms with Crippen molar-refractivity contribution in [2.24, 2.45) is 0 Å². The van der Waals surface area contributed by atoms with Gasteiger partial charge in [-0.2, -0.15) is 5.01 Å². The highest BCUT2D eigenvalue weighted by Gasteiger charge is 2.51. The second-order valence-corrected chi connectivity index (χ2v) is 10.1. The fraction of sp³-hybridized carbons (Fsp3) is 0.267. The van der Waals surface area contributed by atoms with Gasteiger partial charge in [0.05, 0.1) is 37.2 Å². The molecule has 42 heavy (non-hydrogen) atoms. The van der Waals surface area contributed by atoms with Gasteiger partial charge >= 0.3 is 6.16 Å². The highest BCUT2D eigenvalue weighted by atomic mass is 19.2. The van der Waals surface area contributed by atoms with E-state index in [9.17, 15) is 19.1 Å². The summed E-state index contributed by atoms with van der Waals surface area (Å²) >= 11 is 0. The van der Waals surface area contributed by atoms with E-state index in [1.54, 1.807) is 36.2 Å². The van der Waals surface area contributed by atoms with E-state index in [0.29, 0.717) is 11.3 Å². The number of aromatic nitrogens is 1. The Labute approximate surface area is 239 Å². The lowest BCUT2D eigenvalue weighted by atomic mass is 9.91. The Hall–Kier alpha value is -4.52. The summed E-state index contributed by atoms with van der Waals surface area (Å²) in [6.07, 6.45) is 1.50. The lowest BCUT2D eigenvalue weighted by Gasteiger charge is -2.55. The van der Waals surface area contributed by atoms with Crippen LogP contribution in [0.4, 0.5) is 13.6 Å². The van der Waals surface area contributed by atoms with Gasteiger partial charge in [0.15, 0.2) is 23.1 Å². The van der Waals surface area contributed by atoms with Gasteiger partial charge in [0.25, 0.3) is 5.91 Å². The van der Waals surface area contributed by atoms with Crippen molar-refractivity contribution >= 4 is 12.1 Å². The van der Waals surface area contributed by atoms with E-state index >= 15 is 4.39 Å². The third kappa shape index (κ3) is 3.86. The van der Waals surface area contributed by atoms with Gasteiger partial charge < -0.3 is 28.8 Å². The Kier molecular flexibility index (Phi) is 6.34. The van der Waals surface area contributed by atoms with Crippen LogP contribution >= 0.6 is 0 Å². The minimum absolute atomic E-state index is 0.0290. The summed E-state index contributed by atoms with van der Waals surface area (Å²) in [5, 5.41) is 14.2. The van der Waals surface area contributed by atoms with Crippen molar-refractivity contribution in [3.8, 4) is 16.9 Å². The van der Waals surface area contributed by atoms with Crippen LogP contribution < -0.4 is 0 Å². The number of aliphatic hydroxyl groups is 1. The van der Waals surface area contributed by atoms with Crippen LogP contribution in [0.15, 0.2) is 78.5 Å². The minimum Gasteiger partial charge on any atom is -0.434 e. The van der Waals surface area contributed by atoms with E-state index in [4.69, 9.17) is 14.2 Å². The highest BCUT2D eigenvalue weighted by molar-refractivity contribution is 5.95. The van der Waals surface area contributed by atoms with E-state index in [1.807, 2.05) is 33.8 Å². The number of halogens is 2. The quantitative estimate of drug-likeness (QED) is 0.471. The van der Waals surface area contributed by atoms with Crippen LogP contribution in [0.25, 0.3) is 16.9 Å². The first-order valence-electron chi connectivity index (χ1n) is 13.6. The maximum Gasteiger partial charge on any atom is 0.513 e. The Balaban J connectivity index is 1.49. The van der Waals surface area contributed by atoms with E-state index in [-0.39, 0.29) is 43.4 Å². The molecule has 0 bridgehead atoms. The standard InChI is InChI=1S/C30H26F2N4O6/c1-2-41-30(39)42-28-22(37)11-13-35-27(28)29(38)34-14-15-40-16-23(34)36(35)26-17-6-3-4-7-20(17)33-12-5-8-21(33)24-18(26)9-10-19(31)25(24)32/h3-13,22-23,26,37H,2,14-16H2,1H3/t22?,23-,26-/m1/s1. The van der Waals surface area contributed by atoms with Crippen molar-refractivity contribution in [3.63, 3.8) is 0 Å². The Morgan fingerprint density at radius 3 is 2.79 bits per heavy atom. The number of amides is 1. The zero-order valence-corrected chi connectivity index (χ0v) is 22.4. The van der Waals surface area contributed by atoms with Gasteiger partial charge in [0.1, 0.15) is 12.3 Å². The topological polar surface area (TPSA) is 96.7 Å². The molecule has 3 aromatic rings. The molecule has 4 aliphatic rings. The van der Waals surface area contributed by atoms with Gasteiger partial charge in [-0.3, -0.25) is 9.80 Å². The van der Waals surface area contributed by atoms with Crippen LogP contribution in [0.5, 0.6) is 0 Å². The molecule has 1 aromatic heterocycles. The second-order valence-electron chi connectivity index (χ2n) is 10.1. The Morgan fingerprint density at radius 1 is 1.12 bits per heavy atom. The van der Waals surface area contributed by atoms with Crippen molar-refractivity contribution in [2.75, 3.05) is 26.4 Å². The number of ether oxygens (including phenoxy) is 3. The van der Waals surface area contributed by atoms with E-state index in [0.717, 1.165) is 17.3 Å². The summed E-state index contributed by atoms with van der Waals surface area (Å²) in [6, 6.07) is 12.8. The molecule has 3 atom stereocenters. The average molecular weight is 577 g/mol. The zero-order chi connectivity index (χ0) is 29.1. The number of carbonyl (C=O) groups is 2.